The lowest BCUT2D eigenvalue weighted by Crippen LogP contribution is -1.93. The van der Waals surface area contributed by atoms with Crippen LogP contribution in [0.3, 0.4) is 0 Å². The van der Waals surface area contributed by atoms with Gasteiger partial charge in [-0.2, -0.15) is 5.26 Å². The number of hydrogen-bond donors (Lipinski definition) is 1. The molecule has 2 nitrogen and oxygen atoms in total. The van der Waals surface area contributed by atoms with E-state index in [4.69, 9.17) is 11.0 Å². The van der Waals surface area contributed by atoms with E-state index in [1.165, 1.54) is 12.1 Å². The summed E-state index contributed by atoms with van der Waals surface area (Å²) in [6, 6.07) is 11.7. The first-order valence-electron chi connectivity index (χ1n) is 6.18. The molecule has 0 saturated heterocycles. The Bertz CT molecular complexity index is 595. The predicted molar refractivity (Wildman–Crippen MR) is 77.0 cm³/mol. The van der Waals surface area contributed by atoms with Crippen molar-refractivity contribution in [2.24, 2.45) is 0 Å². The highest BCUT2D eigenvalue weighted by molar-refractivity contribution is 5.74. The minimum absolute atomic E-state index is 0.292. The molecule has 0 amide bonds. The summed E-state index contributed by atoms with van der Waals surface area (Å²) in [7, 11) is 0. The lowest BCUT2D eigenvalue weighted by Gasteiger charge is -2.08. The van der Waals surface area contributed by atoms with Crippen LogP contribution in [0.15, 0.2) is 36.4 Å². The van der Waals surface area contributed by atoms with Crippen molar-refractivity contribution in [3.05, 3.63) is 53.3 Å². The van der Waals surface area contributed by atoms with E-state index in [1.54, 1.807) is 18.2 Å². The second-order valence-corrected chi connectivity index (χ2v) is 3.87. The Balaban J connectivity index is 0.000000861. The van der Waals surface area contributed by atoms with Gasteiger partial charge in [0.2, 0.25) is 0 Å². The summed E-state index contributed by atoms with van der Waals surface area (Å²) in [5.74, 6) is -0.292. The molecular formula is C16H17FN2. The molecule has 0 heterocycles. The van der Waals surface area contributed by atoms with Crippen molar-refractivity contribution in [1.82, 2.24) is 0 Å². The second kappa shape index (κ2) is 6.55. The highest BCUT2D eigenvalue weighted by atomic mass is 19.1. The number of benzene rings is 2. The smallest absolute Gasteiger partial charge is 0.123 e. The molecule has 2 aromatic carbocycles. The summed E-state index contributed by atoms with van der Waals surface area (Å²) in [6.45, 7) is 5.88. The third-order valence-corrected chi connectivity index (χ3v) is 2.68. The predicted octanol–water partition coefficient (Wildman–Crippen LogP) is 4.28. The Morgan fingerprint density at radius 2 is 1.68 bits per heavy atom. The zero-order chi connectivity index (χ0) is 14.4. The summed E-state index contributed by atoms with van der Waals surface area (Å²) in [5, 5.41) is 9.07. The number of hydrogen-bond acceptors (Lipinski definition) is 2. The molecule has 98 valence electrons. The van der Waals surface area contributed by atoms with Gasteiger partial charge in [0, 0.05) is 5.69 Å². The topological polar surface area (TPSA) is 49.8 Å². The second-order valence-electron chi connectivity index (χ2n) is 3.87. The fourth-order valence-electron chi connectivity index (χ4n) is 1.69. The molecule has 0 atom stereocenters. The van der Waals surface area contributed by atoms with Crippen molar-refractivity contribution in [3.63, 3.8) is 0 Å². The van der Waals surface area contributed by atoms with Crippen LogP contribution < -0.4 is 5.73 Å². The standard InChI is InChI=1S/C14H11FN2.C2H6/c1-9-6-13(11(8-16)7-14(9)17)10-2-4-12(15)5-3-10;1-2/h2-7H,17H2,1H3;1-2H3. The van der Waals surface area contributed by atoms with Crippen molar-refractivity contribution in [3.8, 4) is 17.2 Å². The minimum Gasteiger partial charge on any atom is -0.398 e. The van der Waals surface area contributed by atoms with Crippen molar-refractivity contribution in [2.75, 3.05) is 5.73 Å². The molecule has 0 saturated carbocycles. The van der Waals surface area contributed by atoms with Gasteiger partial charge in [0.05, 0.1) is 11.6 Å². The van der Waals surface area contributed by atoms with E-state index in [-0.39, 0.29) is 5.82 Å². The molecule has 0 aliphatic heterocycles. The fourth-order valence-corrected chi connectivity index (χ4v) is 1.69. The first-order valence-corrected chi connectivity index (χ1v) is 6.18. The number of aryl methyl sites for hydroxylation is 1. The third kappa shape index (κ3) is 3.32. The molecule has 0 radical (unpaired) electrons. The van der Waals surface area contributed by atoms with E-state index in [1.807, 2.05) is 26.8 Å². The van der Waals surface area contributed by atoms with Gasteiger partial charge in [-0.05, 0) is 47.9 Å². The summed E-state index contributed by atoms with van der Waals surface area (Å²) in [6.07, 6.45) is 0. The van der Waals surface area contributed by atoms with E-state index in [0.717, 1.165) is 16.7 Å². The van der Waals surface area contributed by atoms with Gasteiger partial charge in [-0.15, -0.1) is 0 Å². The van der Waals surface area contributed by atoms with Gasteiger partial charge in [-0.3, -0.25) is 0 Å². The van der Waals surface area contributed by atoms with E-state index < -0.39 is 0 Å². The molecule has 0 aliphatic rings. The van der Waals surface area contributed by atoms with E-state index in [9.17, 15) is 4.39 Å². The molecule has 2 N–H and O–H groups in total. The van der Waals surface area contributed by atoms with Crippen LogP contribution in [0.25, 0.3) is 11.1 Å². The highest BCUT2D eigenvalue weighted by Gasteiger charge is 2.07. The fraction of sp³-hybridized carbons (Fsp3) is 0.188. The Morgan fingerprint density at radius 1 is 1.11 bits per heavy atom. The number of anilines is 1. The molecular weight excluding hydrogens is 239 g/mol. The summed E-state index contributed by atoms with van der Waals surface area (Å²) in [5.41, 5.74) is 9.34. The maximum absolute atomic E-state index is 12.8. The largest absolute Gasteiger partial charge is 0.398 e. The Hall–Kier alpha value is -2.34. The molecule has 0 aliphatic carbocycles. The lowest BCUT2D eigenvalue weighted by atomic mass is 9.97. The van der Waals surface area contributed by atoms with Crippen molar-refractivity contribution >= 4 is 5.69 Å². The van der Waals surface area contributed by atoms with Crippen LogP contribution in [-0.2, 0) is 0 Å². The molecule has 3 heteroatoms. The molecule has 0 bridgehead atoms. The quantitative estimate of drug-likeness (QED) is 0.774. The highest BCUT2D eigenvalue weighted by Crippen LogP contribution is 2.27. The molecule has 2 aromatic rings. The van der Waals surface area contributed by atoms with Crippen LogP contribution in [-0.4, -0.2) is 0 Å². The van der Waals surface area contributed by atoms with Crippen LogP contribution in [0.1, 0.15) is 25.0 Å². The van der Waals surface area contributed by atoms with E-state index >= 15 is 0 Å². The SMILES string of the molecule is CC.Cc1cc(-c2ccc(F)cc2)c(C#N)cc1N. The number of rotatable bonds is 1. The van der Waals surface area contributed by atoms with Crippen LogP contribution in [0.2, 0.25) is 0 Å². The first-order chi connectivity index (χ1) is 9.11. The molecule has 0 unspecified atom stereocenters. The minimum atomic E-state index is -0.292. The molecule has 0 fully saturated rings. The van der Waals surface area contributed by atoms with Crippen LogP contribution in [0.5, 0.6) is 0 Å². The Kier molecular flexibility index (Phi) is 5.08. The lowest BCUT2D eigenvalue weighted by molar-refractivity contribution is 0.628. The van der Waals surface area contributed by atoms with Crippen LogP contribution in [0, 0.1) is 24.1 Å². The number of nitriles is 1. The number of nitrogen functional groups attached to an aromatic ring is 1. The number of nitrogens with two attached hydrogens (primary N) is 1. The molecule has 19 heavy (non-hydrogen) atoms. The summed E-state index contributed by atoms with van der Waals surface area (Å²) in [4.78, 5) is 0. The van der Waals surface area contributed by atoms with Gasteiger partial charge >= 0.3 is 0 Å². The van der Waals surface area contributed by atoms with Gasteiger partial charge in [-0.1, -0.05) is 26.0 Å². The average Bonchev–Trinajstić information content (AvgIpc) is 2.44. The van der Waals surface area contributed by atoms with Crippen LogP contribution >= 0.6 is 0 Å². The average molecular weight is 256 g/mol. The zero-order valence-corrected chi connectivity index (χ0v) is 11.4. The normalized spacial score (nSPS) is 9.21. The Labute approximate surface area is 113 Å². The van der Waals surface area contributed by atoms with Crippen LogP contribution in [0.4, 0.5) is 10.1 Å². The zero-order valence-electron chi connectivity index (χ0n) is 11.4. The molecule has 2 rings (SSSR count). The monoisotopic (exact) mass is 256 g/mol. The number of halogens is 1. The maximum atomic E-state index is 12.8. The maximum Gasteiger partial charge on any atom is 0.123 e. The summed E-state index contributed by atoms with van der Waals surface area (Å²) < 4.78 is 12.8. The van der Waals surface area contributed by atoms with Crippen molar-refractivity contribution < 1.29 is 4.39 Å². The van der Waals surface area contributed by atoms with Gasteiger partial charge in [-0.25, -0.2) is 4.39 Å². The number of nitrogens with zero attached hydrogens (tertiary/aromatic N) is 1. The van der Waals surface area contributed by atoms with Gasteiger partial charge < -0.3 is 5.73 Å². The van der Waals surface area contributed by atoms with E-state index in [2.05, 4.69) is 6.07 Å². The molecule has 0 spiro atoms. The van der Waals surface area contributed by atoms with Gasteiger partial charge in [0.1, 0.15) is 5.82 Å². The third-order valence-electron chi connectivity index (χ3n) is 2.68. The van der Waals surface area contributed by atoms with Crippen molar-refractivity contribution in [2.45, 2.75) is 20.8 Å². The summed E-state index contributed by atoms with van der Waals surface area (Å²) >= 11 is 0. The van der Waals surface area contributed by atoms with Gasteiger partial charge in [0.25, 0.3) is 0 Å². The first kappa shape index (κ1) is 14.7. The molecule has 0 aromatic heterocycles. The van der Waals surface area contributed by atoms with Gasteiger partial charge in [0.15, 0.2) is 0 Å². The van der Waals surface area contributed by atoms with Crippen molar-refractivity contribution in [1.29, 1.82) is 5.26 Å². The Morgan fingerprint density at radius 3 is 2.21 bits per heavy atom. The van der Waals surface area contributed by atoms with E-state index in [0.29, 0.717) is 11.3 Å².